The zero-order valence-electron chi connectivity index (χ0n) is 20.9. The van der Waals surface area contributed by atoms with Gasteiger partial charge in [-0.3, -0.25) is 15.0 Å². The van der Waals surface area contributed by atoms with Crippen molar-refractivity contribution in [3.8, 4) is 5.40 Å². The highest BCUT2D eigenvalue weighted by molar-refractivity contribution is 8.03. The molecule has 0 atom stereocenters. The second-order valence-electron chi connectivity index (χ2n) is 8.52. The largest absolute Gasteiger partial charge is 0.383 e. The van der Waals surface area contributed by atoms with E-state index in [1.54, 1.807) is 13.2 Å². The molecule has 1 saturated heterocycles. The lowest BCUT2D eigenvalue weighted by Gasteiger charge is -2.31. The smallest absolute Gasteiger partial charge is 0.328 e. The van der Waals surface area contributed by atoms with Gasteiger partial charge in [-0.05, 0) is 36.2 Å². The molecule has 0 saturated carbocycles. The number of anilines is 3. The molecule has 1 fully saturated rings. The highest BCUT2D eigenvalue weighted by Crippen LogP contribution is 2.30. The van der Waals surface area contributed by atoms with Gasteiger partial charge >= 0.3 is 6.03 Å². The van der Waals surface area contributed by atoms with E-state index in [4.69, 9.17) is 14.7 Å². The Hall–Kier alpha value is -3.95. The molecular formula is C25H27N7O5S. The van der Waals surface area contributed by atoms with Crippen LogP contribution in [-0.4, -0.2) is 79.7 Å². The van der Waals surface area contributed by atoms with Crippen LogP contribution < -0.4 is 15.5 Å². The van der Waals surface area contributed by atoms with Crippen LogP contribution in [0.3, 0.4) is 0 Å². The Morgan fingerprint density at radius 2 is 2.24 bits per heavy atom. The normalized spacial score (nSPS) is 14.8. The number of ether oxygens (including phenoxy) is 2. The highest BCUT2D eigenvalue weighted by atomic mass is 32.2. The van der Waals surface area contributed by atoms with Crippen molar-refractivity contribution < 1.29 is 23.9 Å². The number of pyridine rings is 2. The van der Waals surface area contributed by atoms with E-state index in [1.807, 2.05) is 22.3 Å². The number of nitrogens with one attached hydrogen (secondary N) is 2. The van der Waals surface area contributed by atoms with E-state index in [0.717, 1.165) is 17.3 Å². The number of nitrogens with zero attached hydrogens (tertiary/aromatic N) is 5. The molecule has 2 aliphatic rings. The first kappa shape index (κ1) is 27.1. The number of methoxy groups -OCH3 is 1. The lowest BCUT2D eigenvalue weighted by Crippen LogP contribution is -2.40. The molecule has 4 heterocycles. The maximum atomic E-state index is 13.3. The summed E-state index contributed by atoms with van der Waals surface area (Å²) in [6, 6.07) is 3.11. The van der Waals surface area contributed by atoms with Crippen molar-refractivity contribution in [2.75, 3.05) is 62.1 Å². The number of aromatic nitrogens is 2. The van der Waals surface area contributed by atoms with Gasteiger partial charge in [-0.15, -0.1) is 0 Å². The average Bonchev–Trinajstić information content (AvgIpc) is 2.94. The summed E-state index contributed by atoms with van der Waals surface area (Å²) in [4.78, 5) is 49.3. The van der Waals surface area contributed by atoms with E-state index in [2.05, 4.69) is 20.6 Å². The van der Waals surface area contributed by atoms with Crippen molar-refractivity contribution in [2.24, 2.45) is 0 Å². The van der Waals surface area contributed by atoms with Gasteiger partial charge in [0.1, 0.15) is 34.4 Å². The number of aldehydes is 1. The number of hydrogen-bond acceptors (Lipinski definition) is 11. The minimum Gasteiger partial charge on any atom is -0.383 e. The Bertz CT molecular complexity index is 1290. The summed E-state index contributed by atoms with van der Waals surface area (Å²) in [5.74, 6) is 2.63. The fraction of sp³-hybridized carbons (Fsp3) is 0.400. The lowest BCUT2D eigenvalue weighted by molar-refractivity contribution is 0.0718. The molecule has 0 aliphatic carbocycles. The summed E-state index contributed by atoms with van der Waals surface area (Å²) in [6.45, 7) is 2.89. The molecule has 198 valence electrons. The number of urea groups is 1. The van der Waals surface area contributed by atoms with E-state index in [9.17, 15) is 14.4 Å². The van der Waals surface area contributed by atoms with E-state index in [0.29, 0.717) is 92.0 Å². The fourth-order valence-electron chi connectivity index (χ4n) is 4.27. The van der Waals surface area contributed by atoms with Crippen LogP contribution in [0.2, 0.25) is 0 Å². The van der Waals surface area contributed by atoms with Crippen LogP contribution in [0.1, 0.15) is 28.0 Å². The molecule has 2 aromatic heterocycles. The van der Waals surface area contributed by atoms with Crippen LogP contribution in [-0.2, 0) is 27.2 Å². The van der Waals surface area contributed by atoms with Crippen molar-refractivity contribution >= 4 is 47.3 Å². The van der Waals surface area contributed by atoms with Crippen molar-refractivity contribution in [3.05, 3.63) is 40.8 Å². The van der Waals surface area contributed by atoms with Gasteiger partial charge in [-0.25, -0.2) is 19.6 Å². The first-order chi connectivity index (χ1) is 18.6. The SMILES string of the molecule is COCCNc1cc(NC(=O)N2CCCc3cc(CN4CCOCC4=C=O)c(C=O)nc32)ncc1SC#N. The van der Waals surface area contributed by atoms with Gasteiger partial charge in [-0.1, -0.05) is 0 Å². The fourth-order valence-corrected chi connectivity index (χ4v) is 4.72. The third-order valence-electron chi connectivity index (χ3n) is 6.12. The number of nitriles is 1. The Morgan fingerprint density at radius 1 is 1.37 bits per heavy atom. The molecule has 0 bridgehead atoms. The molecule has 0 radical (unpaired) electrons. The summed E-state index contributed by atoms with van der Waals surface area (Å²) in [7, 11) is 1.59. The lowest BCUT2D eigenvalue weighted by atomic mass is 10.0. The molecule has 12 nitrogen and oxygen atoms in total. The highest BCUT2D eigenvalue weighted by Gasteiger charge is 2.27. The summed E-state index contributed by atoms with van der Waals surface area (Å²) >= 11 is 0.966. The predicted octanol–water partition coefficient (Wildman–Crippen LogP) is 2.45. The van der Waals surface area contributed by atoms with Crippen molar-refractivity contribution in [2.45, 2.75) is 24.3 Å². The second-order valence-corrected chi connectivity index (χ2v) is 9.35. The van der Waals surface area contributed by atoms with Gasteiger partial charge in [-0.2, -0.15) is 5.26 Å². The van der Waals surface area contributed by atoms with Crippen LogP contribution in [0.5, 0.6) is 0 Å². The number of rotatable bonds is 9. The molecular weight excluding hydrogens is 510 g/mol. The summed E-state index contributed by atoms with van der Waals surface area (Å²) in [5, 5.41) is 17.1. The third-order valence-corrected chi connectivity index (χ3v) is 6.75. The number of amides is 2. The topological polar surface area (TPSA) is 150 Å². The summed E-state index contributed by atoms with van der Waals surface area (Å²) in [6.07, 6.45) is 3.60. The van der Waals surface area contributed by atoms with Crippen molar-refractivity contribution in [1.29, 1.82) is 5.26 Å². The second kappa shape index (κ2) is 13.0. The number of aryl methyl sites for hydroxylation is 1. The van der Waals surface area contributed by atoms with Crippen molar-refractivity contribution in [3.63, 3.8) is 0 Å². The average molecular weight is 538 g/mol. The van der Waals surface area contributed by atoms with E-state index in [1.165, 1.54) is 11.1 Å². The molecule has 38 heavy (non-hydrogen) atoms. The van der Waals surface area contributed by atoms with Gasteiger partial charge in [0, 0.05) is 51.1 Å². The number of thiocyanates is 1. The molecule has 13 heteroatoms. The summed E-state index contributed by atoms with van der Waals surface area (Å²) < 4.78 is 10.4. The van der Waals surface area contributed by atoms with Gasteiger partial charge < -0.3 is 19.7 Å². The quantitative estimate of drug-likeness (QED) is 0.160. The van der Waals surface area contributed by atoms with Crippen LogP contribution in [0, 0.1) is 10.7 Å². The van der Waals surface area contributed by atoms with Gasteiger partial charge in [0.15, 0.2) is 6.29 Å². The van der Waals surface area contributed by atoms with E-state index >= 15 is 0 Å². The zero-order valence-corrected chi connectivity index (χ0v) is 21.7. The number of fused-ring (bicyclic) bond motifs is 1. The molecule has 0 aromatic carbocycles. The van der Waals surface area contributed by atoms with Crippen LogP contribution in [0.15, 0.2) is 28.9 Å². The van der Waals surface area contributed by atoms with Gasteiger partial charge in [0.05, 0.1) is 30.4 Å². The Labute approximate surface area is 224 Å². The number of carbonyl (C=O) groups is 2. The maximum Gasteiger partial charge on any atom is 0.328 e. The number of morpholine rings is 1. The maximum absolute atomic E-state index is 13.3. The molecule has 2 N–H and O–H groups in total. The Morgan fingerprint density at radius 3 is 3.00 bits per heavy atom. The minimum atomic E-state index is -0.432. The zero-order chi connectivity index (χ0) is 26.9. The number of hydrogen-bond donors (Lipinski definition) is 2. The van der Waals surface area contributed by atoms with Crippen LogP contribution >= 0.6 is 11.8 Å². The molecule has 0 spiro atoms. The molecule has 4 rings (SSSR count). The van der Waals surface area contributed by atoms with E-state index in [-0.39, 0.29) is 12.3 Å². The van der Waals surface area contributed by atoms with Gasteiger partial charge in [0.2, 0.25) is 0 Å². The third kappa shape index (κ3) is 6.30. The Kier molecular flexibility index (Phi) is 9.29. The molecule has 2 amide bonds. The minimum absolute atomic E-state index is 0.181. The van der Waals surface area contributed by atoms with Crippen LogP contribution in [0.25, 0.3) is 0 Å². The van der Waals surface area contributed by atoms with Crippen molar-refractivity contribution in [1.82, 2.24) is 14.9 Å². The molecule has 2 aliphatic heterocycles. The molecule has 2 aromatic rings. The van der Waals surface area contributed by atoms with E-state index < -0.39 is 6.03 Å². The number of thioether (sulfide) groups is 1. The van der Waals surface area contributed by atoms with Gasteiger partial charge in [0.25, 0.3) is 0 Å². The summed E-state index contributed by atoms with van der Waals surface area (Å²) in [5.41, 5.74) is 2.77. The Balaban J connectivity index is 1.55. The molecule has 0 unspecified atom stereocenters. The monoisotopic (exact) mass is 537 g/mol. The predicted molar refractivity (Wildman–Crippen MR) is 141 cm³/mol. The standard InChI is InChI=1S/C25H27N7O5S/c1-36-7-4-27-20-10-23(28-11-22(20)38-16-26)30-25(35)32-5-2-3-17-9-18(21(14-34)29-24(17)32)12-31-6-8-37-15-19(31)13-33/h9-11,14H,2-8,12,15H2,1H3,(H2,27,28,30,35). The first-order valence-electron chi connectivity index (χ1n) is 12.0. The first-order valence-corrected chi connectivity index (χ1v) is 12.8. The number of carbonyl (C=O) groups excluding carboxylic acids is 3. The van der Waals surface area contributed by atoms with Crippen LogP contribution in [0.4, 0.5) is 22.1 Å².